The van der Waals surface area contributed by atoms with Crippen molar-refractivity contribution in [1.29, 1.82) is 0 Å². The van der Waals surface area contributed by atoms with E-state index >= 15 is 0 Å². The normalized spacial score (nSPS) is 28.2. The lowest BCUT2D eigenvalue weighted by Crippen LogP contribution is -2.38. The van der Waals surface area contributed by atoms with Crippen LogP contribution in [0.1, 0.15) is 105 Å². The van der Waals surface area contributed by atoms with Gasteiger partial charge in [-0.25, -0.2) is 15.0 Å². The van der Waals surface area contributed by atoms with Gasteiger partial charge in [-0.05, 0) is 110 Å². The van der Waals surface area contributed by atoms with Crippen LogP contribution in [0.3, 0.4) is 0 Å². The molecule has 0 radical (unpaired) electrons. The van der Waals surface area contributed by atoms with E-state index in [1.807, 2.05) is 49.4 Å². The van der Waals surface area contributed by atoms with Crippen molar-refractivity contribution in [2.45, 2.75) is 131 Å². The summed E-state index contributed by atoms with van der Waals surface area (Å²) < 4.78 is 45.7. The van der Waals surface area contributed by atoms with Crippen molar-refractivity contribution in [2.75, 3.05) is 17.6 Å². The van der Waals surface area contributed by atoms with Crippen molar-refractivity contribution < 1.29 is 58.2 Å². The molecule has 70 heavy (non-hydrogen) atoms. The Labute approximate surface area is 410 Å². The zero-order chi connectivity index (χ0) is 49.3. The Balaban J connectivity index is 0.896. The molecule has 1 spiro atoms. The number of unbranched alkanes of at least 4 members (excludes halogenated alkanes) is 1. The lowest BCUT2D eigenvalue weighted by molar-refractivity contribution is -0.0370. The summed E-state index contributed by atoms with van der Waals surface area (Å²) in [6.07, 6.45) is -2.10. The first-order chi connectivity index (χ1) is 33.4. The van der Waals surface area contributed by atoms with Crippen LogP contribution in [0.4, 0.5) is 5.82 Å². The predicted octanol–water partition coefficient (Wildman–Crippen LogP) is 5.84. The third-order valence-electron chi connectivity index (χ3n) is 14.3. The quantitative estimate of drug-likeness (QED) is 0.0302. The van der Waals surface area contributed by atoms with Crippen LogP contribution in [0.15, 0.2) is 61.2 Å². The van der Waals surface area contributed by atoms with Crippen LogP contribution in [0.2, 0.25) is 10.6 Å². The molecule has 8 N–H and O–H groups in total. The average Bonchev–Trinajstić information content (AvgIpc) is 4.12. The summed E-state index contributed by atoms with van der Waals surface area (Å²) in [5.74, 6) is 0.919. The number of nitrogens with zero attached hydrogens (tertiary/aromatic N) is 8. The van der Waals surface area contributed by atoms with Gasteiger partial charge in [0.25, 0.3) is 0 Å². The third-order valence-corrected chi connectivity index (χ3v) is 16.4. The smallest absolute Gasteiger partial charge is 0.325 e. The molecule has 10 rings (SSSR count). The van der Waals surface area contributed by atoms with Crippen LogP contribution in [0.5, 0.6) is 5.75 Å². The van der Waals surface area contributed by atoms with Gasteiger partial charge in [0, 0.05) is 18.2 Å². The van der Waals surface area contributed by atoms with E-state index in [2.05, 4.69) is 41.3 Å². The van der Waals surface area contributed by atoms with Gasteiger partial charge in [0.15, 0.2) is 41.2 Å². The number of rotatable bonds is 17. The van der Waals surface area contributed by atoms with Gasteiger partial charge in [0.2, 0.25) is 10.6 Å². The molecule has 4 unspecified atom stereocenters. The molecule has 3 fully saturated rings. The number of aliphatic hydroxyl groups is 3. The van der Waals surface area contributed by atoms with E-state index in [1.165, 1.54) is 10.9 Å². The number of fused-ring (bicyclic) bond motifs is 4. The molecule has 4 aliphatic rings. The summed E-state index contributed by atoms with van der Waals surface area (Å²) in [6, 6.07) is 15.6. The summed E-state index contributed by atoms with van der Waals surface area (Å²) in [5.41, 5.74) is 5.09. The van der Waals surface area contributed by atoms with E-state index in [1.54, 1.807) is 10.9 Å². The Morgan fingerprint density at radius 2 is 1.40 bits per heavy atom. The van der Waals surface area contributed by atoms with E-state index in [9.17, 15) is 44.0 Å². The Hall–Kier alpha value is -4.18. The van der Waals surface area contributed by atoms with Crippen LogP contribution < -0.4 is 10.1 Å². The van der Waals surface area contributed by atoms with Gasteiger partial charge in [-0.1, -0.05) is 48.9 Å². The Morgan fingerprint density at radius 1 is 0.771 bits per heavy atom. The standard InChI is InChI=1S/C45H53Cl2N9O12P2/c1-23(24-9-3-2-4-10-24)50-38-33-40(54-44(47)52-38)56(22-49-33)42-37(35(58)30(68-42)12-5-6-17-69(60,61)62)66-28-13-7-11-27-26(28)15-16-45(27)19-25(20-45)31-32-39(53-43(46)51-31)55(21-48-32)41-36(59)34(57)29(67-41)14-8-18-70(63,64)65/h2-4,7,9-11,13,21-23,25,29-30,34-37,41-42,57-59H,5-6,8,12,14-20H2,1H3,(H,50,52,54)(H2,60,61,62)(H2,63,64,65)/t23-,25?,29+,30+,34?,35?,36?,37?,41+,42+,45?/m0/s1. The average molecular weight is 1040 g/mol. The molecule has 0 bridgehead atoms. The van der Waals surface area contributed by atoms with Gasteiger partial charge in [0.05, 0.1) is 36.6 Å². The highest BCUT2D eigenvalue weighted by molar-refractivity contribution is 7.52. The SMILES string of the molecule is C[C@H](Nc1nc(Cl)nc2c1ncn2[C@@H]1O[C@H](CCCCP(=O)(O)O)C(O)C1Oc1cccc2c1CCC21CC(c2nc(Cl)nc3c2ncn3[C@@H]2O[C@H](CCCP(=O)(O)O)C(O)C2O)C1)c1ccccc1. The van der Waals surface area contributed by atoms with Crippen molar-refractivity contribution in [3.63, 3.8) is 0 Å². The van der Waals surface area contributed by atoms with E-state index < -0.39 is 64.3 Å². The first-order valence-electron chi connectivity index (χ1n) is 23.2. The van der Waals surface area contributed by atoms with E-state index in [4.69, 9.17) is 37.4 Å². The zero-order valence-electron chi connectivity index (χ0n) is 37.7. The molecule has 25 heteroatoms. The number of anilines is 1. The number of imidazole rings is 2. The van der Waals surface area contributed by atoms with Crippen LogP contribution in [-0.2, 0) is 30.4 Å². The van der Waals surface area contributed by atoms with Crippen molar-refractivity contribution in [3.8, 4) is 5.75 Å². The molecule has 21 nitrogen and oxygen atoms in total. The molecule has 9 atom stereocenters. The van der Waals surface area contributed by atoms with Crippen LogP contribution >= 0.6 is 38.4 Å². The summed E-state index contributed by atoms with van der Waals surface area (Å²) in [6.45, 7) is 1.99. The third kappa shape index (κ3) is 9.74. The molecule has 2 aromatic carbocycles. The van der Waals surface area contributed by atoms with Gasteiger partial charge in [-0.15, -0.1) is 0 Å². The minimum Gasteiger partial charge on any atom is -0.483 e. The second-order valence-corrected chi connectivity index (χ2v) is 23.1. The number of benzene rings is 2. The number of nitrogens with one attached hydrogen (secondary N) is 1. The molecular weight excluding hydrogens is 991 g/mol. The van der Waals surface area contributed by atoms with E-state index in [-0.39, 0.29) is 59.5 Å². The Kier molecular flexibility index (Phi) is 13.7. The summed E-state index contributed by atoms with van der Waals surface area (Å²) in [5, 5.41) is 37.2. The maximum Gasteiger partial charge on any atom is 0.325 e. The summed E-state index contributed by atoms with van der Waals surface area (Å²) in [7, 11) is -8.46. The Bertz CT molecular complexity index is 2990. The molecule has 2 aliphatic carbocycles. The fourth-order valence-corrected chi connectivity index (χ4v) is 12.4. The number of ether oxygens (including phenoxy) is 3. The number of halogens is 2. The lowest BCUT2D eigenvalue weighted by Gasteiger charge is -2.46. The van der Waals surface area contributed by atoms with Crippen molar-refractivity contribution in [2.24, 2.45) is 0 Å². The molecule has 374 valence electrons. The summed E-state index contributed by atoms with van der Waals surface area (Å²) in [4.78, 5) is 64.9. The first kappa shape index (κ1) is 49.4. The van der Waals surface area contributed by atoms with Gasteiger partial charge in [-0.2, -0.15) is 15.0 Å². The van der Waals surface area contributed by atoms with E-state index in [0.29, 0.717) is 71.7 Å². The van der Waals surface area contributed by atoms with Gasteiger partial charge >= 0.3 is 15.2 Å². The monoisotopic (exact) mass is 1040 g/mol. The van der Waals surface area contributed by atoms with Gasteiger partial charge in [-0.3, -0.25) is 18.3 Å². The van der Waals surface area contributed by atoms with E-state index in [0.717, 1.165) is 23.1 Å². The topological polar surface area (TPSA) is 303 Å². The molecule has 6 heterocycles. The Morgan fingerprint density at radius 3 is 2.13 bits per heavy atom. The second kappa shape index (κ2) is 19.3. The van der Waals surface area contributed by atoms with Crippen LogP contribution in [-0.4, -0.2) is 123 Å². The highest BCUT2D eigenvalue weighted by atomic mass is 35.5. The van der Waals surface area contributed by atoms with Crippen LogP contribution in [0.25, 0.3) is 22.3 Å². The highest BCUT2D eigenvalue weighted by Crippen LogP contribution is 2.60. The molecule has 4 aromatic heterocycles. The molecule has 2 saturated heterocycles. The van der Waals surface area contributed by atoms with Crippen molar-refractivity contribution in [1.82, 2.24) is 39.0 Å². The van der Waals surface area contributed by atoms with Gasteiger partial charge < -0.3 is 54.4 Å². The molecule has 0 amide bonds. The lowest BCUT2D eigenvalue weighted by atomic mass is 9.58. The summed E-state index contributed by atoms with van der Waals surface area (Å²) >= 11 is 13.1. The zero-order valence-corrected chi connectivity index (χ0v) is 41.0. The number of hydrogen-bond acceptors (Lipinski definition) is 15. The minimum absolute atomic E-state index is 0.0282. The fraction of sp³-hybridized carbons (Fsp3) is 0.511. The first-order valence-corrected chi connectivity index (χ1v) is 27.6. The minimum atomic E-state index is -4.25. The fourth-order valence-electron chi connectivity index (χ4n) is 10.8. The maximum absolute atomic E-state index is 12.0. The second-order valence-electron chi connectivity index (χ2n) is 18.9. The molecule has 6 aromatic rings. The van der Waals surface area contributed by atoms with Crippen molar-refractivity contribution in [3.05, 3.63) is 94.1 Å². The largest absolute Gasteiger partial charge is 0.483 e. The molecule has 2 aliphatic heterocycles. The van der Waals surface area contributed by atoms with Crippen molar-refractivity contribution >= 4 is 66.5 Å². The highest BCUT2D eigenvalue weighted by Gasteiger charge is 2.53. The molecular formula is C45H53Cl2N9O12P2. The maximum atomic E-state index is 12.0. The number of aliphatic hydroxyl groups excluding tert-OH is 3. The van der Waals surface area contributed by atoms with Gasteiger partial charge in [0.1, 0.15) is 29.6 Å². The number of aromatic nitrogens is 8. The number of hydrogen-bond donors (Lipinski definition) is 8. The predicted molar refractivity (Wildman–Crippen MR) is 255 cm³/mol. The van der Waals surface area contributed by atoms with Crippen LogP contribution in [0, 0.1) is 0 Å². The molecule has 1 saturated carbocycles.